The lowest BCUT2D eigenvalue weighted by atomic mass is 10.1. The van der Waals surface area contributed by atoms with Gasteiger partial charge in [0.2, 0.25) is 0 Å². The lowest BCUT2D eigenvalue weighted by Crippen LogP contribution is -2.32. The molecule has 0 fully saturated rings. The highest BCUT2D eigenvalue weighted by atomic mass is 19.4. The van der Waals surface area contributed by atoms with Crippen molar-refractivity contribution in [3.63, 3.8) is 0 Å². The van der Waals surface area contributed by atoms with Gasteiger partial charge in [-0.2, -0.15) is 13.2 Å². The summed E-state index contributed by atoms with van der Waals surface area (Å²) in [6.45, 7) is 1.81. The van der Waals surface area contributed by atoms with Crippen LogP contribution in [0.1, 0.15) is 63.6 Å². The summed E-state index contributed by atoms with van der Waals surface area (Å²) in [5.41, 5.74) is -0.522. The molecule has 0 spiro atoms. The van der Waals surface area contributed by atoms with Gasteiger partial charge < -0.3 is 15.0 Å². The quantitative estimate of drug-likeness (QED) is 0.175. The van der Waals surface area contributed by atoms with Crippen LogP contribution in [0, 0.1) is 0 Å². The molecular formula is C26H25F6N9O3. The number of pyridine rings is 1. The van der Waals surface area contributed by atoms with Gasteiger partial charge in [0.1, 0.15) is 5.75 Å². The summed E-state index contributed by atoms with van der Waals surface area (Å²) >= 11 is 0. The van der Waals surface area contributed by atoms with Crippen molar-refractivity contribution >= 4 is 11.8 Å². The van der Waals surface area contributed by atoms with Gasteiger partial charge in [-0.05, 0) is 49.6 Å². The molecule has 0 radical (unpaired) electrons. The average Bonchev–Trinajstić information content (AvgIpc) is 3.66. The number of nitrogens with zero attached hydrogens (tertiary/aromatic N) is 7. The minimum atomic E-state index is -4.85. The number of carbonyl (C=O) groups is 2. The monoisotopic (exact) mass is 625 g/mol. The van der Waals surface area contributed by atoms with Crippen LogP contribution in [0.5, 0.6) is 5.75 Å². The Bertz CT molecular complexity index is 1560. The van der Waals surface area contributed by atoms with Crippen molar-refractivity contribution in [2.24, 2.45) is 0 Å². The number of halogens is 6. The van der Waals surface area contributed by atoms with E-state index in [4.69, 9.17) is 0 Å². The normalized spacial score (nSPS) is 12.5. The van der Waals surface area contributed by atoms with Crippen molar-refractivity contribution in [3.05, 3.63) is 83.2 Å². The molecule has 1 unspecified atom stereocenters. The van der Waals surface area contributed by atoms with Gasteiger partial charge in [0.15, 0.2) is 11.4 Å². The lowest BCUT2D eigenvalue weighted by molar-refractivity contribution is -0.274. The van der Waals surface area contributed by atoms with Gasteiger partial charge in [-0.1, -0.05) is 22.6 Å². The minimum absolute atomic E-state index is 0.0160. The molecule has 18 heteroatoms. The first kappa shape index (κ1) is 31.9. The maximum atomic E-state index is 13.1. The van der Waals surface area contributed by atoms with E-state index in [9.17, 15) is 35.9 Å². The predicted molar refractivity (Wildman–Crippen MR) is 139 cm³/mol. The highest BCUT2D eigenvalue weighted by molar-refractivity contribution is 5.92. The van der Waals surface area contributed by atoms with E-state index in [0.717, 1.165) is 30.5 Å². The van der Waals surface area contributed by atoms with Gasteiger partial charge in [0, 0.05) is 19.3 Å². The van der Waals surface area contributed by atoms with Crippen LogP contribution in [0.2, 0.25) is 0 Å². The van der Waals surface area contributed by atoms with E-state index in [1.165, 1.54) is 34.1 Å². The molecule has 44 heavy (non-hydrogen) atoms. The van der Waals surface area contributed by atoms with Gasteiger partial charge >= 0.3 is 12.5 Å². The number of alkyl halides is 6. The predicted octanol–water partition coefficient (Wildman–Crippen LogP) is 4.32. The molecule has 4 aromatic rings. The zero-order valence-corrected chi connectivity index (χ0v) is 22.9. The third-order valence-corrected chi connectivity index (χ3v) is 6.20. The van der Waals surface area contributed by atoms with E-state index in [-0.39, 0.29) is 30.2 Å². The number of rotatable bonds is 12. The molecule has 1 atom stereocenters. The number of nitrogens with one attached hydrogen (secondary N) is 2. The second kappa shape index (κ2) is 13.5. The maximum Gasteiger partial charge on any atom is 0.573 e. The van der Waals surface area contributed by atoms with Crippen LogP contribution in [0.15, 0.2) is 55.0 Å². The van der Waals surface area contributed by atoms with Crippen molar-refractivity contribution < 1.29 is 40.7 Å². The highest BCUT2D eigenvalue weighted by Gasteiger charge is 2.32. The lowest BCUT2D eigenvalue weighted by Gasteiger charge is -2.21. The van der Waals surface area contributed by atoms with Gasteiger partial charge in [0.05, 0.1) is 36.2 Å². The first-order valence-corrected chi connectivity index (χ1v) is 13.0. The van der Waals surface area contributed by atoms with Crippen LogP contribution in [0.3, 0.4) is 0 Å². The van der Waals surface area contributed by atoms with E-state index in [1.807, 2.05) is 0 Å². The Labute approximate surface area is 245 Å². The molecule has 0 aliphatic carbocycles. The largest absolute Gasteiger partial charge is 0.573 e. The number of H-pyrrole nitrogens is 1. The number of aryl methyl sites for hydroxylation is 1. The zero-order valence-electron chi connectivity index (χ0n) is 22.9. The fraction of sp³-hybridized carbons (Fsp3) is 0.346. The number of aromatic amines is 1. The number of ether oxygens (including phenoxy) is 1. The molecule has 12 nitrogen and oxygen atoms in total. The molecule has 0 bridgehead atoms. The van der Waals surface area contributed by atoms with E-state index in [0.29, 0.717) is 24.9 Å². The molecule has 234 valence electrons. The second-order valence-corrected chi connectivity index (χ2v) is 9.51. The summed E-state index contributed by atoms with van der Waals surface area (Å²) in [5, 5.41) is 20.0. The molecule has 1 aromatic carbocycles. The Morgan fingerprint density at radius 1 is 1.07 bits per heavy atom. The highest BCUT2D eigenvalue weighted by Crippen LogP contribution is 2.29. The molecular weight excluding hydrogens is 600 g/mol. The van der Waals surface area contributed by atoms with Gasteiger partial charge in [-0.3, -0.25) is 24.4 Å². The summed E-state index contributed by atoms with van der Waals surface area (Å²) < 4.78 is 82.3. The summed E-state index contributed by atoms with van der Waals surface area (Å²) in [5.74, 6) is -1.58. The molecule has 3 aromatic heterocycles. The number of aromatic nitrogens is 7. The first-order valence-electron chi connectivity index (χ1n) is 13.0. The number of hydrogen-bond acceptors (Lipinski definition) is 8. The van der Waals surface area contributed by atoms with Crippen molar-refractivity contribution in [2.75, 3.05) is 6.54 Å². The molecule has 2 N–H and O–H groups in total. The van der Waals surface area contributed by atoms with Gasteiger partial charge in [0.25, 0.3) is 11.8 Å². The van der Waals surface area contributed by atoms with Crippen molar-refractivity contribution in [1.29, 1.82) is 0 Å². The zero-order chi connectivity index (χ0) is 31.9. The van der Waals surface area contributed by atoms with Crippen LogP contribution in [0.4, 0.5) is 26.3 Å². The number of benzene rings is 1. The SMILES string of the molecule is CC(NC(=O)c1cn(CCCCN(Cc2cc(C(F)(F)F)ccn2)C(=O)c2c[nH]nn2)nn1)c1cccc(OC(F)(F)F)c1. The second-order valence-electron chi connectivity index (χ2n) is 9.51. The topological polar surface area (TPSA) is 144 Å². The van der Waals surface area contributed by atoms with Crippen molar-refractivity contribution in [3.8, 4) is 5.75 Å². The van der Waals surface area contributed by atoms with Crippen LogP contribution in [-0.2, 0) is 19.3 Å². The van der Waals surface area contributed by atoms with Crippen LogP contribution in [0.25, 0.3) is 0 Å². The molecule has 0 aliphatic rings. The van der Waals surface area contributed by atoms with Crippen LogP contribution in [-0.4, -0.2) is 65.0 Å². The minimum Gasteiger partial charge on any atom is -0.406 e. The Kier molecular flexibility index (Phi) is 9.80. The molecule has 0 saturated heterocycles. The Morgan fingerprint density at radius 3 is 2.57 bits per heavy atom. The number of hydrogen-bond donors (Lipinski definition) is 2. The third kappa shape index (κ3) is 8.98. The molecule has 4 rings (SSSR count). The maximum absolute atomic E-state index is 13.1. The smallest absolute Gasteiger partial charge is 0.406 e. The van der Waals surface area contributed by atoms with Crippen molar-refractivity contribution in [2.45, 2.75) is 51.4 Å². The molecule has 0 aliphatic heterocycles. The first-order chi connectivity index (χ1) is 20.8. The Balaban J connectivity index is 1.32. The molecule has 2 amide bonds. The number of carbonyl (C=O) groups excluding carboxylic acids is 2. The summed E-state index contributed by atoms with van der Waals surface area (Å²) in [7, 11) is 0. The molecule has 3 heterocycles. The van der Waals surface area contributed by atoms with Gasteiger partial charge in [-0.15, -0.1) is 23.4 Å². The van der Waals surface area contributed by atoms with Gasteiger partial charge in [-0.25, -0.2) is 0 Å². The van der Waals surface area contributed by atoms with E-state index in [1.54, 1.807) is 6.92 Å². The standard InChI is InChI=1S/C26H25F6N9O3/c1-16(17-5-4-6-20(11-17)44-26(30,31)32)35-23(42)22-15-41(39-37-22)10-3-2-9-40(24(43)21-13-34-38-36-21)14-19-12-18(7-8-33-19)25(27,28)29/h4-8,11-13,15-16H,2-3,9-10,14H2,1H3,(H,35,42)(H,34,36,38). The number of amides is 2. The van der Waals surface area contributed by atoms with E-state index >= 15 is 0 Å². The Morgan fingerprint density at radius 2 is 1.86 bits per heavy atom. The fourth-order valence-electron chi connectivity index (χ4n) is 4.08. The molecule has 0 saturated carbocycles. The summed E-state index contributed by atoms with van der Waals surface area (Å²) in [6, 6.07) is 6.24. The van der Waals surface area contributed by atoms with E-state index < -0.39 is 41.7 Å². The van der Waals surface area contributed by atoms with E-state index in [2.05, 4.69) is 40.8 Å². The fourth-order valence-corrected chi connectivity index (χ4v) is 4.08. The third-order valence-electron chi connectivity index (χ3n) is 6.20. The summed E-state index contributed by atoms with van der Waals surface area (Å²) in [4.78, 5) is 30.8. The number of unbranched alkanes of at least 4 members (excludes halogenated alkanes) is 1. The Hall–Kier alpha value is -5.03. The van der Waals surface area contributed by atoms with Crippen LogP contribution >= 0.6 is 0 Å². The van der Waals surface area contributed by atoms with Crippen molar-refractivity contribution in [1.82, 2.24) is 45.6 Å². The van der Waals surface area contributed by atoms with Crippen LogP contribution < -0.4 is 10.1 Å². The average molecular weight is 626 g/mol. The summed E-state index contributed by atoms with van der Waals surface area (Å²) in [6.07, 6.45) is -4.89.